The Morgan fingerprint density at radius 2 is 2.21 bits per heavy atom. The van der Waals surface area contributed by atoms with E-state index in [1.165, 1.54) is 6.07 Å². The molecule has 0 amide bonds. The van der Waals surface area contributed by atoms with Crippen molar-refractivity contribution in [3.05, 3.63) is 27.9 Å². The molecule has 1 rings (SSSR count). The van der Waals surface area contributed by atoms with Gasteiger partial charge in [-0.3, -0.25) is 10.1 Å². The van der Waals surface area contributed by atoms with Crippen LogP contribution in [0.2, 0.25) is 0 Å². The van der Waals surface area contributed by atoms with Crippen LogP contribution in [0.3, 0.4) is 0 Å². The van der Waals surface area contributed by atoms with Gasteiger partial charge in [0.05, 0.1) is 4.92 Å². The monoisotopic (exact) mass is 267 g/mol. The molecule has 0 saturated carbocycles. The highest BCUT2D eigenvalue weighted by Crippen LogP contribution is 2.22. The maximum Gasteiger partial charge on any atom is 0.342 e. The summed E-state index contributed by atoms with van der Waals surface area (Å²) in [6.45, 7) is 2.82. The lowest BCUT2D eigenvalue weighted by molar-refractivity contribution is -0.385. The largest absolute Gasteiger partial charge is 0.477 e. The molecule has 0 saturated heterocycles. The molecule has 1 aromatic heterocycles. The number of pyridine rings is 1. The van der Waals surface area contributed by atoms with Crippen LogP contribution in [0.15, 0.2) is 12.3 Å². The van der Waals surface area contributed by atoms with Gasteiger partial charge in [0.15, 0.2) is 0 Å². The first-order valence-electron chi connectivity index (χ1n) is 6.06. The fraction of sp³-hybridized carbons (Fsp3) is 0.500. The Kier molecular flexibility index (Phi) is 5.23. The van der Waals surface area contributed by atoms with E-state index in [1.54, 1.807) is 11.9 Å². The van der Waals surface area contributed by atoms with Crippen LogP contribution in [0.5, 0.6) is 0 Å². The Hall–Kier alpha value is -2.18. The van der Waals surface area contributed by atoms with Gasteiger partial charge in [0.25, 0.3) is 0 Å². The average Bonchev–Trinajstić information content (AvgIpc) is 2.38. The van der Waals surface area contributed by atoms with E-state index in [1.807, 2.05) is 0 Å². The van der Waals surface area contributed by atoms with Gasteiger partial charge in [0.2, 0.25) is 0 Å². The number of hydrogen-bond acceptors (Lipinski definition) is 5. The first-order valence-corrected chi connectivity index (χ1v) is 6.06. The minimum atomic E-state index is -1.32. The van der Waals surface area contributed by atoms with Gasteiger partial charge in [0.1, 0.15) is 17.6 Å². The number of carboxylic acid groups (broad SMARTS) is 1. The highest BCUT2D eigenvalue weighted by atomic mass is 16.6. The Labute approximate surface area is 111 Å². The minimum absolute atomic E-state index is 0.336. The van der Waals surface area contributed by atoms with Crippen LogP contribution >= 0.6 is 0 Å². The highest BCUT2D eigenvalue weighted by Gasteiger charge is 2.21. The normalized spacial score (nSPS) is 10.2. The second-order valence-electron chi connectivity index (χ2n) is 4.25. The molecule has 0 aliphatic carbocycles. The molecule has 104 valence electrons. The van der Waals surface area contributed by atoms with Crippen LogP contribution in [0.25, 0.3) is 0 Å². The number of nitrogens with zero attached hydrogens (tertiary/aromatic N) is 3. The molecule has 0 spiro atoms. The third-order valence-corrected chi connectivity index (χ3v) is 2.78. The zero-order valence-corrected chi connectivity index (χ0v) is 11.0. The Balaban J connectivity index is 2.95. The van der Waals surface area contributed by atoms with Crippen molar-refractivity contribution < 1.29 is 14.8 Å². The molecule has 0 bridgehead atoms. The quantitative estimate of drug-likeness (QED) is 0.462. The summed E-state index contributed by atoms with van der Waals surface area (Å²) in [5, 5.41) is 19.7. The smallest absolute Gasteiger partial charge is 0.342 e. The van der Waals surface area contributed by atoms with E-state index in [0.717, 1.165) is 32.0 Å². The molecule has 0 aliphatic heterocycles. The summed E-state index contributed by atoms with van der Waals surface area (Å²) in [4.78, 5) is 26.7. The van der Waals surface area contributed by atoms with Gasteiger partial charge in [-0.25, -0.2) is 9.78 Å². The number of unbranched alkanes of at least 4 members (excludes halogenated alkanes) is 2. The molecule has 0 fully saturated rings. The maximum absolute atomic E-state index is 11.0. The van der Waals surface area contributed by atoms with E-state index in [4.69, 9.17) is 5.11 Å². The van der Waals surface area contributed by atoms with E-state index < -0.39 is 16.6 Å². The molecule has 0 unspecified atom stereocenters. The summed E-state index contributed by atoms with van der Waals surface area (Å²) in [5.41, 5.74) is -0.824. The van der Waals surface area contributed by atoms with Gasteiger partial charge < -0.3 is 10.0 Å². The van der Waals surface area contributed by atoms with Crippen LogP contribution in [0, 0.1) is 10.1 Å². The van der Waals surface area contributed by atoms with Crippen molar-refractivity contribution in [1.82, 2.24) is 4.98 Å². The Bertz CT molecular complexity index is 476. The molecule has 0 atom stereocenters. The molecule has 0 aromatic carbocycles. The zero-order valence-electron chi connectivity index (χ0n) is 11.0. The Morgan fingerprint density at radius 1 is 1.53 bits per heavy atom. The van der Waals surface area contributed by atoms with Crippen LogP contribution < -0.4 is 4.90 Å². The molecule has 7 heteroatoms. The van der Waals surface area contributed by atoms with Crippen molar-refractivity contribution in [3.8, 4) is 0 Å². The fourth-order valence-corrected chi connectivity index (χ4v) is 1.68. The fourth-order valence-electron chi connectivity index (χ4n) is 1.68. The van der Waals surface area contributed by atoms with E-state index in [9.17, 15) is 14.9 Å². The van der Waals surface area contributed by atoms with Gasteiger partial charge >= 0.3 is 11.7 Å². The van der Waals surface area contributed by atoms with Crippen LogP contribution in [0.4, 0.5) is 11.5 Å². The first-order chi connectivity index (χ1) is 8.97. The lowest BCUT2D eigenvalue weighted by Crippen LogP contribution is -2.20. The molecule has 0 radical (unpaired) electrons. The van der Waals surface area contributed by atoms with Gasteiger partial charge in [-0.05, 0) is 6.42 Å². The minimum Gasteiger partial charge on any atom is -0.477 e. The molecule has 1 N–H and O–H groups in total. The van der Waals surface area contributed by atoms with Crippen LogP contribution in [0.1, 0.15) is 36.5 Å². The second-order valence-corrected chi connectivity index (χ2v) is 4.25. The van der Waals surface area contributed by atoms with Crippen molar-refractivity contribution in [2.24, 2.45) is 0 Å². The van der Waals surface area contributed by atoms with E-state index in [0.29, 0.717) is 5.82 Å². The number of aromatic carboxylic acids is 1. The van der Waals surface area contributed by atoms with Crippen LogP contribution in [-0.4, -0.2) is 34.6 Å². The number of nitro groups is 1. The summed E-state index contributed by atoms with van der Waals surface area (Å²) in [5.74, 6) is -0.892. The topological polar surface area (TPSA) is 96.6 Å². The number of anilines is 1. The number of aromatic nitrogens is 1. The first kappa shape index (κ1) is 14.9. The van der Waals surface area contributed by atoms with Gasteiger partial charge in [0, 0.05) is 19.7 Å². The molecular weight excluding hydrogens is 250 g/mol. The lowest BCUT2D eigenvalue weighted by atomic mass is 10.2. The summed E-state index contributed by atoms with van der Waals surface area (Å²) < 4.78 is 0. The maximum atomic E-state index is 11.0. The van der Waals surface area contributed by atoms with Gasteiger partial charge in [-0.2, -0.15) is 0 Å². The van der Waals surface area contributed by atoms with E-state index in [2.05, 4.69) is 11.9 Å². The second kappa shape index (κ2) is 6.67. The third-order valence-electron chi connectivity index (χ3n) is 2.78. The third kappa shape index (κ3) is 3.90. The van der Waals surface area contributed by atoms with E-state index >= 15 is 0 Å². The van der Waals surface area contributed by atoms with Crippen molar-refractivity contribution in [1.29, 1.82) is 0 Å². The number of rotatable bonds is 7. The highest BCUT2D eigenvalue weighted by molar-refractivity contribution is 5.93. The zero-order chi connectivity index (χ0) is 14.4. The SMILES string of the molecule is CCCCCN(C)c1cc(C(=O)O)c([N+](=O)[O-])cn1. The molecule has 0 aliphatic rings. The van der Waals surface area contributed by atoms with Gasteiger partial charge in [-0.15, -0.1) is 0 Å². The number of hydrogen-bond donors (Lipinski definition) is 1. The molecular formula is C12H17N3O4. The molecule has 1 heterocycles. The van der Waals surface area contributed by atoms with Crippen molar-refractivity contribution in [2.75, 3.05) is 18.5 Å². The lowest BCUT2D eigenvalue weighted by Gasteiger charge is -2.18. The average molecular weight is 267 g/mol. The number of carbonyl (C=O) groups is 1. The summed E-state index contributed by atoms with van der Waals surface area (Å²) in [6.07, 6.45) is 4.12. The Morgan fingerprint density at radius 3 is 2.74 bits per heavy atom. The molecule has 19 heavy (non-hydrogen) atoms. The number of carboxylic acids is 1. The summed E-state index contributed by atoms with van der Waals surface area (Å²) >= 11 is 0. The standard InChI is InChI=1S/C12H17N3O4/c1-3-4-5-6-14(2)11-7-9(12(16)17)10(8-13-11)15(18)19/h7-8H,3-6H2,1-2H3,(H,16,17). The van der Waals surface area contributed by atoms with Gasteiger partial charge in [-0.1, -0.05) is 19.8 Å². The van der Waals surface area contributed by atoms with Crippen LogP contribution in [-0.2, 0) is 0 Å². The van der Waals surface area contributed by atoms with Crippen molar-refractivity contribution >= 4 is 17.5 Å². The molecule has 1 aromatic rings. The van der Waals surface area contributed by atoms with E-state index in [-0.39, 0.29) is 5.56 Å². The van der Waals surface area contributed by atoms with Crippen molar-refractivity contribution in [2.45, 2.75) is 26.2 Å². The van der Waals surface area contributed by atoms with Crippen molar-refractivity contribution in [3.63, 3.8) is 0 Å². The summed E-state index contributed by atoms with van der Waals surface area (Å²) in [6, 6.07) is 1.24. The predicted octanol–water partition coefficient (Wildman–Crippen LogP) is 2.31. The molecule has 7 nitrogen and oxygen atoms in total. The summed E-state index contributed by atoms with van der Waals surface area (Å²) in [7, 11) is 1.79. The predicted molar refractivity (Wildman–Crippen MR) is 70.6 cm³/mol.